The third kappa shape index (κ3) is 5.18. The summed E-state index contributed by atoms with van der Waals surface area (Å²) in [5.74, 6) is 2.10. The summed E-state index contributed by atoms with van der Waals surface area (Å²) in [7, 11) is 0. The van der Waals surface area contributed by atoms with Crippen molar-refractivity contribution in [2.24, 2.45) is 0 Å². The van der Waals surface area contributed by atoms with E-state index in [0.717, 1.165) is 44.8 Å². The molecule has 0 saturated heterocycles. The van der Waals surface area contributed by atoms with Crippen LogP contribution in [0.3, 0.4) is 0 Å². The Morgan fingerprint density at radius 1 is 0.676 bits per heavy atom. The van der Waals surface area contributed by atoms with Gasteiger partial charge >= 0.3 is 0 Å². The maximum absolute atomic E-state index is 13.6. The number of fused-ring (bicyclic) bond motifs is 1. The number of benzene rings is 5. The average Bonchev–Trinajstić information content (AvgIpc) is 2.88. The molecule has 168 valence electrons. The van der Waals surface area contributed by atoms with Crippen molar-refractivity contribution in [2.75, 3.05) is 5.32 Å². The lowest BCUT2D eigenvalue weighted by molar-refractivity contribution is 0.303. The molecule has 1 N–H and O–H groups in total. The standard InChI is InChI=1S/C30H24FNO2/c31-24-9-6-7-22(19-24)21-33-30-18-13-23-8-4-5-12-28(23)29(30)20-32-25-14-16-27(17-15-25)34-26-10-2-1-3-11-26/h1-19,32H,20-21H2. The summed E-state index contributed by atoms with van der Waals surface area (Å²) in [5.41, 5.74) is 2.82. The monoisotopic (exact) mass is 449 g/mol. The van der Waals surface area contributed by atoms with Crippen LogP contribution >= 0.6 is 0 Å². The second-order valence-corrected chi connectivity index (χ2v) is 7.98. The van der Waals surface area contributed by atoms with Crippen LogP contribution in [0.5, 0.6) is 17.2 Å². The van der Waals surface area contributed by atoms with E-state index in [-0.39, 0.29) is 5.82 Å². The topological polar surface area (TPSA) is 30.5 Å². The summed E-state index contributed by atoms with van der Waals surface area (Å²) in [6, 6.07) is 36.4. The normalized spacial score (nSPS) is 10.7. The number of rotatable bonds is 8. The van der Waals surface area contributed by atoms with Gasteiger partial charge in [-0.2, -0.15) is 0 Å². The fourth-order valence-electron chi connectivity index (χ4n) is 3.88. The van der Waals surface area contributed by atoms with Crippen LogP contribution in [0, 0.1) is 5.82 Å². The number of halogens is 1. The highest BCUT2D eigenvalue weighted by Gasteiger charge is 2.10. The zero-order chi connectivity index (χ0) is 23.2. The lowest BCUT2D eigenvalue weighted by atomic mass is 10.0. The van der Waals surface area contributed by atoms with Gasteiger partial charge in [0.2, 0.25) is 0 Å². The highest BCUT2D eigenvalue weighted by molar-refractivity contribution is 5.88. The van der Waals surface area contributed by atoms with Crippen molar-refractivity contribution in [2.45, 2.75) is 13.2 Å². The van der Waals surface area contributed by atoms with E-state index in [2.05, 4.69) is 23.5 Å². The van der Waals surface area contributed by atoms with Crippen molar-refractivity contribution in [3.05, 3.63) is 132 Å². The highest BCUT2D eigenvalue weighted by atomic mass is 19.1. The zero-order valence-corrected chi connectivity index (χ0v) is 18.6. The highest BCUT2D eigenvalue weighted by Crippen LogP contribution is 2.30. The summed E-state index contributed by atoms with van der Waals surface area (Å²) >= 11 is 0. The van der Waals surface area contributed by atoms with Crippen molar-refractivity contribution >= 4 is 16.5 Å². The Morgan fingerprint density at radius 3 is 2.26 bits per heavy atom. The second kappa shape index (κ2) is 10.1. The van der Waals surface area contributed by atoms with Gasteiger partial charge in [0.1, 0.15) is 29.7 Å². The molecule has 0 aromatic heterocycles. The molecule has 0 aliphatic carbocycles. The molecular weight excluding hydrogens is 425 g/mol. The first-order valence-corrected chi connectivity index (χ1v) is 11.2. The van der Waals surface area contributed by atoms with Crippen LogP contribution in [0.1, 0.15) is 11.1 Å². The first-order chi connectivity index (χ1) is 16.7. The van der Waals surface area contributed by atoms with Crippen molar-refractivity contribution in [3.8, 4) is 17.2 Å². The molecule has 5 rings (SSSR count). The molecule has 0 aliphatic heterocycles. The summed E-state index contributed by atoms with van der Waals surface area (Å²) in [4.78, 5) is 0. The van der Waals surface area contributed by atoms with E-state index in [9.17, 15) is 4.39 Å². The van der Waals surface area contributed by atoms with Crippen LogP contribution in [0.15, 0.2) is 115 Å². The summed E-state index contributed by atoms with van der Waals surface area (Å²) in [5, 5.41) is 5.76. The third-order valence-corrected chi connectivity index (χ3v) is 5.58. The van der Waals surface area contributed by atoms with Crippen LogP contribution in [0.25, 0.3) is 10.8 Å². The lowest BCUT2D eigenvalue weighted by Crippen LogP contribution is -2.05. The molecule has 0 unspecified atom stereocenters. The Kier molecular flexibility index (Phi) is 6.39. The number of nitrogens with one attached hydrogen (secondary N) is 1. The number of ether oxygens (including phenoxy) is 2. The molecular formula is C30H24FNO2. The second-order valence-electron chi connectivity index (χ2n) is 7.98. The quantitative estimate of drug-likeness (QED) is 0.261. The number of hydrogen-bond acceptors (Lipinski definition) is 3. The van der Waals surface area contributed by atoms with Gasteiger partial charge in [0.15, 0.2) is 0 Å². The molecule has 0 fully saturated rings. The van der Waals surface area contributed by atoms with Gasteiger partial charge in [-0.1, -0.05) is 60.7 Å². The molecule has 0 atom stereocenters. The molecule has 0 radical (unpaired) electrons. The predicted molar refractivity (Wildman–Crippen MR) is 135 cm³/mol. The SMILES string of the molecule is Fc1cccc(COc2ccc3ccccc3c2CNc2ccc(Oc3ccccc3)cc2)c1. The molecule has 4 heteroatoms. The molecule has 0 saturated carbocycles. The molecule has 34 heavy (non-hydrogen) atoms. The zero-order valence-electron chi connectivity index (χ0n) is 18.6. The van der Waals surface area contributed by atoms with Gasteiger partial charge < -0.3 is 14.8 Å². The van der Waals surface area contributed by atoms with Crippen LogP contribution in [0.2, 0.25) is 0 Å². The Labute approximate surface area is 198 Å². The Morgan fingerprint density at radius 2 is 1.44 bits per heavy atom. The molecule has 0 bridgehead atoms. The Balaban J connectivity index is 1.33. The van der Waals surface area contributed by atoms with Crippen LogP contribution in [0.4, 0.5) is 10.1 Å². The van der Waals surface area contributed by atoms with E-state index >= 15 is 0 Å². The van der Waals surface area contributed by atoms with Crippen molar-refractivity contribution in [1.82, 2.24) is 0 Å². The van der Waals surface area contributed by atoms with Crippen molar-refractivity contribution < 1.29 is 13.9 Å². The molecule has 0 aliphatic rings. The first kappa shape index (κ1) is 21.5. The van der Waals surface area contributed by atoms with E-state index in [1.165, 1.54) is 12.1 Å². The predicted octanol–water partition coefficient (Wildman–Crippen LogP) is 7.96. The Hall–Kier alpha value is -4.31. The molecule has 0 amide bonds. The fraction of sp³-hybridized carbons (Fsp3) is 0.0667. The van der Waals surface area contributed by atoms with Gasteiger partial charge in [0, 0.05) is 17.8 Å². The van der Waals surface area contributed by atoms with Gasteiger partial charge in [-0.15, -0.1) is 0 Å². The minimum absolute atomic E-state index is 0.263. The van der Waals surface area contributed by atoms with Crippen LogP contribution in [-0.2, 0) is 13.2 Å². The van der Waals surface area contributed by atoms with Gasteiger partial charge in [-0.05, 0) is 70.9 Å². The van der Waals surface area contributed by atoms with Gasteiger partial charge in [0.25, 0.3) is 0 Å². The lowest BCUT2D eigenvalue weighted by Gasteiger charge is -2.16. The van der Waals surface area contributed by atoms with Gasteiger partial charge in [-0.25, -0.2) is 4.39 Å². The molecule has 0 spiro atoms. The maximum atomic E-state index is 13.6. The summed E-state index contributed by atoms with van der Waals surface area (Å²) < 4.78 is 25.6. The fourth-order valence-corrected chi connectivity index (χ4v) is 3.88. The van der Waals surface area contributed by atoms with E-state index in [0.29, 0.717) is 13.2 Å². The van der Waals surface area contributed by atoms with Crippen molar-refractivity contribution in [3.63, 3.8) is 0 Å². The number of para-hydroxylation sites is 1. The Bertz CT molecular complexity index is 1380. The minimum Gasteiger partial charge on any atom is -0.489 e. The van der Waals surface area contributed by atoms with Crippen molar-refractivity contribution in [1.29, 1.82) is 0 Å². The van der Waals surface area contributed by atoms with Crippen LogP contribution < -0.4 is 14.8 Å². The number of hydrogen-bond donors (Lipinski definition) is 1. The average molecular weight is 450 g/mol. The summed E-state index contributed by atoms with van der Waals surface area (Å²) in [6.45, 7) is 0.882. The summed E-state index contributed by atoms with van der Waals surface area (Å²) in [6.07, 6.45) is 0. The van der Waals surface area contributed by atoms with Gasteiger partial charge in [-0.3, -0.25) is 0 Å². The van der Waals surface area contributed by atoms with E-state index < -0.39 is 0 Å². The van der Waals surface area contributed by atoms with Gasteiger partial charge in [0.05, 0.1) is 0 Å². The number of anilines is 1. The smallest absolute Gasteiger partial charge is 0.127 e. The molecule has 0 heterocycles. The molecule has 5 aromatic carbocycles. The first-order valence-electron chi connectivity index (χ1n) is 11.2. The molecule has 3 nitrogen and oxygen atoms in total. The minimum atomic E-state index is -0.263. The van der Waals surface area contributed by atoms with E-state index in [1.54, 1.807) is 6.07 Å². The van der Waals surface area contributed by atoms with E-state index in [4.69, 9.17) is 9.47 Å². The third-order valence-electron chi connectivity index (χ3n) is 5.58. The van der Waals surface area contributed by atoms with E-state index in [1.807, 2.05) is 78.9 Å². The van der Waals surface area contributed by atoms with Crippen LogP contribution in [-0.4, -0.2) is 0 Å². The maximum Gasteiger partial charge on any atom is 0.127 e. The largest absolute Gasteiger partial charge is 0.489 e. The molecule has 5 aromatic rings.